The highest BCUT2D eigenvalue weighted by Crippen LogP contribution is 2.48. The lowest BCUT2D eigenvalue weighted by Crippen LogP contribution is -2.41. The molecule has 0 saturated heterocycles. The summed E-state index contributed by atoms with van der Waals surface area (Å²) in [5.74, 6) is -0.265. The van der Waals surface area contributed by atoms with Crippen LogP contribution in [0.4, 0.5) is 0 Å². The van der Waals surface area contributed by atoms with E-state index < -0.39 is 6.10 Å². The average molecular weight is 409 g/mol. The molecule has 0 spiro atoms. The van der Waals surface area contributed by atoms with Crippen molar-refractivity contribution in [3.63, 3.8) is 0 Å². The number of Topliss-reactive ketones (excluding diaryl/α,β-unsaturated/α-hetero) is 1. The zero-order valence-corrected chi connectivity index (χ0v) is 18.3. The molecule has 2 saturated carbocycles. The molecule has 5 heteroatoms. The van der Waals surface area contributed by atoms with Crippen LogP contribution in [-0.2, 0) is 14.3 Å². The van der Waals surface area contributed by atoms with Gasteiger partial charge in [0, 0.05) is 24.7 Å². The van der Waals surface area contributed by atoms with Gasteiger partial charge in [-0.2, -0.15) is 0 Å². The van der Waals surface area contributed by atoms with Crippen molar-refractivity contribution in [1.29, 1.82) is 0 Å². The first kappa shape index (κ1) is 24.1. The van der Waals surface area contributed by atoms with Crippen molar-refractivity contribution in [1.82, 2.24) is 0 Å². The Morgan fingerprint density at radius 1 is 1.28 bits per heavy atom. The van der Waals surface area contributed by atoms with Crippen LogP contribution in [0.25, 0.3) is 0 Å². The van der Waals surface area contributed by atoms with Gasteiger partial charge in [-0.25, -0.2) is 0 Å². The molecular weight excluding hydrogens is 368 g/mol. The maximum Gasteiger partial charge on any atom is 0.305 e. The standard InChI is InChI=1S/C24H40O5/c1-3-14-24(15-9-16-24)22(27)12-8-11-19-18(20(25)17-21(19)26)10-6-4-5-7-13-23(28)29-2/h8,11,18-19,21-22,26-27H,3-7,9-10,12-17H2,1-2H3/t18?,19-,21?,22?/m1/s1. The lowest BCUT2D eigenvalue weighted by atomic mass is 9.62. The number of esters is 1. The van der Waals surface area contributed by atoms with E-state index in [9.17, 15) is 19.8 Å². The van der Waals surface area contributed by atoms with Gasteiger partial charge < -0.3 is 14.9 Å². The van der Waals surface area contributed by atoms with Crippen LogP contribution in [0, 0.1) is 17.3 Å². The number of aliphatic hydroxyl groups excluding tert-OH is 2. The van der Waals surface area contributed by atoms with E-state index in [-0.39, 0.29) is 41.5 Å². The van der Waals surface area contributed by atoms with Gasteiger partial charge in [-0.05, 0) is 43.9 Å². The monoisotopic (exact) mass is 408 g/mol. The van der Waals surface area contributed by atoms with Gasteiger partial charge in [-0.1, -0.05) is 51.2 Å². The predicted octanol–water partition coefficient (Wildman–Crippen LogP) is 4.34. The molecule has 2 aliphatic carbocycles. The molecule has 0 heterocycles. The summed E-state index contributed by atoms with van der Waals surface area (Å²) in [6.45, 7) is 2.17. The fraction of sp³-hybridized carbons (Fsp3) is 0.833. The highest BCUT2D eigenvalue weighted by atomic mass is 16.5. The van der Waals surface area contributed by atoms with Gasteiger partial charge in [0.05, 0.1) is 19.3 Å². The first-order valence-electron chi connectivity index (χ1n) is 11.6. The Bertz CT molecular complexity index is 551. The van der Waals surface area contributed by atoms with Crippen LogP contribution < -0.4 is 0 Å². The molecule has 0 bridgehead atoms. The highest BCUT2D eigenvalue weighted by molar-refractivity contribution is 5.84. The quantitative estimate of drug-likeness (QED) is 0.269. The molecule has 2 N–H and O–H groups in total. The second-order valence-electron chi connectivity index (χ2n) is 9.10. The fourth-order valence-electron chi connectivity index (χ4n) is 5.17. The number of hydrogen-bond donors (Lipinski definition) is 2. The molecule has 2 aliphatic rings. The minimum atomic E-state index is -0.603. The molecule has 2 fully saturated rings. The van der Waals surface area contributed by atoms with Crippen molar-refractivity contribution >= 4 is 11.8 Å². The third-order valence-corrected chi connectivity index (χ3v) is 7.13. The number of hydrogen-bond acceptors (Lipinski definition) is 5. The first-order chi connectivity index (χ1) is 13.9. The number of rotatable bonds is 13. The molecular formula is C24H40O5. The van der Waals surface area contributed by atoms with Crippen LogP contribution in [0.3, 0.4) is 0 Å². The van der Waals surface area contributed by atoms with Crippen LogP contribution in [0.2, 0.25) is 0 Å². The molecule has 0 radical (unpaired) electrons. The zero-order valence-electron chi connectivity index (χ0n) is 18.3. The van der Waals surface area contributed by atoms with Gasteiger partial charge in [-0.3, -0.25) is 9.59 Å². The van der Waals surface area contributed by atoms with E-state index in [1.165, 1.54) is 13.5 Å². The van der Waals surface area contributed by atoms with Crippen molar-refractivity contribution in [3.05, 3.63) is 12.2 Å². The van der Waals surface area contributed by atoms with Crippen LogP contribution in [0.5, 0.6) is 0 Å². The van der Waals surface area contributed by atoms with Gasteiger partial charge in [-0.15, -0.1) is 0 Å². The van der Waals surface area contributed by atoms with Gasteiger partial charge >= 0.3 is 5.97 Å². The van der Waals surface area contributed by atoms with E-state index >= 15 is 0 Å². The Morgan fingerprint density at radius 2 is 2.00 bits per heavy atom. The number of carbonyl (C=O) groups is 2. The van der Waals surface area contributed by atoms with Crippen molar-refractivity contribution in [2.75, 3.05) is 7.11 Å². The van der Waals surface area contributed by atoms with Gasteiger partial charge in [0.15, 0.2) is 0 Å². The largest absolute Gasteiger partial charge is 0.469 e. The van der Waals surface area contributed by atoms with Gasteiger partial charge in [0.2, 0.25) is 0 Å². The minimum absolute atomic E-state index is 0.0901. The van der Waals surface area contributed by atoms with Crippen LogP contribution in [-0.4, -0.2) is 41.3 Å². The van der Waals surface area contributed by atoms with Crippen molar-refractivity contribution < 1.29 is 24.5 Å². The van der Waals surface area contributed by atoms with Crippen molar-refractivity contribution in [2.24, 2.45) is 17.3 Å². The zero-order chi connectivity index (χ0) is 21.3. The number of ether oxygens (including phenoxy) is 1. The lowest BCUT2D eigenvalue weighted by Gasteiger charge is -2.45. The molecule has 0 aliphatic heterocycles. The Hall–Kier alpha value is -1.20. The number of methoxy groups -OCH3 is 1. The molecule has 4 atom stereocenters. The van der Waals surface area contributed by atoms with Crippen molar-refractivity contribution in [3.8, 4) is 0 Å². The van der Waals surface area contributed by atoms with Crippen LogP contribution in [0.1, 0.15) is 90.4 Å². The molecule has 166 valence electrons. The third kappa shape index (κ3) is 6.65. The Kier molecular flexibility index (Phi) is 9.84. The van der Waals surface area contributed by atoms with E-state index in [4.69, 9.17) is 0 Å². The predicted molar refractivity (Wildman–Crippen MR) is 113 cm³/mol. The highest BCUT2D eigenvalue weighted by Gasteiger charge is 2.42. The van der Waals surface area contributed by atoms with Crippen molar-refractivity contribution in [2.45, 2.75) is 103 Å². The average Bonchev–Trinajstić information content (AvgIpc) is 2.93. The number of unbranched alkanes of at least 4 members (excludes halogenated alkanes) is 3. The van der Waals surface area contributed by atoms with Crippen LogP contribution >= 0.6 is 0 Å². The molecule has 29 heavy (non-hydrogen) atoms. The van der Waals surface area contributed by atoms with Gasteiger partial charge in [0.25, 0.3) is 0 Å². The maximum absolute atomic E-state index is 12.3. The van der Waals surface area contributed by atoms with Crippen LogP contribution in [0.15, 0.2) is 12.2 Å². The summed E-state index contributed by atoms with van der Waals surface area (Å²) in [7, 11) is 1.40. The van der Waals surface area contributed by atoms with E-state index in [1.54, 1.807) is 0 Å². The summed E-state index contributed by atoms with van der Waals surface area (Å²) >= 11 is 0. The Morgan fingerprint density at radius 3 is 2.62 bits per heavy atom. The summed E-state index contributed by atoms with van der Waals surface area (Å²) in [5.41, 5.74) is 0.0901. The number of aliphatic hydroxyl groups is 2. The van der Waals surface area contributed by atoms with E-state index in [2.05, 4.69) is 11.7 Å². The Balaban J connectivity index is 1.77. The maximum atomic E-state index is 12.3. The number of ketones is 1. The van der Waals surface area contributed by atoms with Gasteiger partial charge in [0.1, 0.15) is 5.78 Å². The third-order valence-electron chi connectivity index (χ3n) is 7.13. The fourth-order valence-corrected chi connectivity index (χ4v) is 5.17. The molecule has 0 aromatic carbocycles. The molecule has 3 unspecified atom stereocenters. The summed E-state index contributed by atoms with van der Waals surface area (Å²) in [5, 5.41) is 21.0. The second kappa shape index (κ2) is 11.8. The summed E-state index contributed by atoms with van der Waals surface area (Å²) in [6.07, 6.45) is 14.4. The molecule has 0 aromatic heterocycles. The summed E-state index contributed by atoms with van der Waals surface area (Å²) in [4.78, 5) is 23.5. The van der Waals surface area contributed by atoms with E-state index in [1.807, 2.05) is 12.2 Å². The van der Waals surface area contributed by atoms with E-state index in [0.717, 1.165) is 57.8 Å². The first-order valence-corrected chi connectivity index (χ1v) is 11.6. The SMILES string of the molecule is CCCC1(C(O)CC=C[C@H]2C(O)CC(=O)C2CCCCCCC(=O)OC)CCC1. The number of carbonyl (C=O) groups excluding carboxylic acids is 2. The Labute approximate surface area is 175 Å². The lowest BCUT2D eigenvalue weighted by molar-refractivity contribution is -0.140. The normalized spacial score (nSPS) is 27.2. The summed E-state index contributed by atoms with van der Waals surface area (Å²) in [6, 6.07) is 0. The summed E-state index contributed by atoms with van der Waals surface area (Å²) < 4.78 is 4.64. The molecule has 0 aromatic rings. The topological polar surface area (TPSA) is 83.8 Å². The molecule has 2 rings (SSSR count). The van der Waals surface area contributed by atoms with E-state index in [0.29, 0.717) is 12.8 Å². The molecule has 5 nitrogen and oxygen atoms in total. The minimum Gasteiger partial charge on any atom is -0.469 e. The molecule has 0 amide bonds. The second-order valence-corrected chi connectivity index (χ2v) is 9.10. The smallest absolute Gasteiger partial charge is 0.305 e.